The van der Waals surface area contributed by atoms with Crippen molar-refractivity contribution in [2.24, 2.45) is 0 Å². The van der Waals surface area contributed by atoms with Gasteiger partial charge in [0.05, 0.1) is 20.3 Å². The van der Waals surface area contributed by atoms with Gasteiger partial charge in [0.25, 0.3) is 5.91 Å². The van der Waals surface area contributed by atoms with E-state index in [9.17, 15) is 9.59 Å². The van der Waals surface area contributed by atoms with Crippen LogP contribution < -0.4 is 14.8 Å². The lowest BCUT2D eigenvalue weighted by Gasteiger charge is -2.17. The Morgan fingerprint density at radius 2 is 1.85 bits per heavy atom. The summed E-state index contributed by atoms with van der Waals surface area (Å²) in [6.45, 7) is 7.29. The van der Waals surface area contributed by atoms with Crippen LogP contribution in [0.25, 0.3) is 0 Å². The number of ether oxygens (including phenoxy) is 2. The van der Waals surface area contributed by atoms with E-state index in [0.717, 1.165) is 23.2 Å². The SMILES string of the molecule is CCCc1c(C(=O)NC(C)c2ccc(OC)c(OC)c2)[nH]c(C)c1C(C)=O. The third-order valence-electron chi connectivity index (χ3n) is 4.63. The highest BCUT2D eigenvalue weighted by Gasteiger charge is 2.23. The molecule has 0 aliphatic rings. The number of H-pyrrole nitrogens is 1. The maximum atomic E-state index is 12.9. The van der Waals surface area contributed by atoms with Crippen LogP contribution in [0.4, 0.5) is 0 Å². The maximum absolute atomic E-state index is 12.9. The number of methoxy groups -OCH3 is 2. The summed E-state index contributed by atoms with van der Waals surface area (Å²) >= 11 is 0. The minimum Gasteiger partial charge on any atom is -0.493 e. The van der Waals surface area contributed by atoms with Gasteiger partial charge in [0, 0.05) is 11.3 Å². The number of aromatic nitrogens is 1. The predicted octanol–water partition coefficient (Wildman–Crippen LogP) is 3.99. The minimum atomic E-state index is -0.240. The zero-order valence-corrected chi connectivity index (χ0v) is 16.9. The Morgan fingerprint density at radius 3 is 2.41 bits per heavy atom. The molecular weight excluding hydrogens is 344 g/mol. The van der Waals surface area contributed by atoms with Crippen LogP contribution in [0.2, 0.25) is 0 Å². The first-order valence-electron chi connectivity index (χ1n) is 9.09. The van der Waals surface area contributed by atoms with Gasteiger partial charge in [0.2, 0.25) is 0 Å². The molecule has 2 rings (SSSR count). The molecule has 0 spiro atoms. The third-order valence-corrected chi connectivity index (χ3v) is 4.63. The van der Waals surface area contributed by atoms with Crippen LogP contribution in [0.1, 0.15) is 70.9 Å². The Bertz CT molecular complexity index is 839. The van der Waals surface area contributed by atoms with Crippen molar-refractivity contribution in [3.8, 4) is 11.5 Å². The third kappa shape index (κ3) is 4.32. The number of hydrogen-bond donors (Lipinski definition) is 2. The highest BCUT2D eigenvalue weighted by molar-refractivity contribution is 6.02. The molecule has 0 aliphatic carbocycles. The molecule has 27 heavy (non-hydrogen) atoms. The molecule has 0 saturated carbocycles. The van der Waals surface area contributed by atoms with Gasteiger partial charge in [0.1, 0.15) is 5.69 Å². The molecule has 0 aliphatic heterocycles. The fourth-order valence-electron chi connectivity index (χ4n) is 3.32. The average molecular weight is 372 g/mol. The van der Waals surface area contributed by atoms with Crippen LogP contribution in [0.15, 0.2) is 18.2 Å². The van der Waals surface area contributed by atoms with Crippen LogP contribution in [0, 0.1) is 6.92 Å². The van der Waals surface area contributed by atoms with Gasteiger partial charge in [-0.2, -0.15) is 0 Å². The molecule has 1 heterocycles. The summed E-state index contributed by atoms with van der Waals surface area (Å²) in [4.78, 5) is 28.0. The van der Waals surface area contributed by atoms with Gasteiger partial charge in [-0.1, -0.05) is 19.4 Å². The number of nitrogens with one attached hydrogen (secondary N) is 2. The molecule has 1 amide bonds. The van der Waals surface area contributed by atoms with Crippen LogP contribution in [-0.4, -0.2) is 30.9 Å². The lowest BCUT2D eigenvalue weighted by atomic mass is 10.0. The van der Waals surface area contributed by atoms with E-state index < -0.39 is 0 Å². The molecule has 6 nitrogen and oxygen atoms in total. The zero-order chi connectivity index (χ0) is 20.1. The molecule has 1 unspecified atom stereocenters. The summed E-state index contributed by atoms with van der Waals surface area (Å²) in [6.07, 6.45) is 1.52. The Labute approximate surface area is 160 Å². The summed E-state index contributed by atoms with van der Waals surface area (Å²) < 4.78 is 10.6. The summed E-state index contributed by atoms with van der Waals surface area (Å²) in [5.74, 6) is 0.990. The van der Waals surface area contributed by atoms with Crippen molar-refractivity contribution in [3.05, 3.63) is 46.3 Å². The number of carbonyl (C=O) groups excluding carboxylic acids is 2. The summed E-state index contributed by atoms with van der Waals surface area (Å²) in [5, 5.41) is 3.00. The normalized spacial score (nSPS) is 11.8. The van der Waals surface area contributed by atoms with Crippen molar-refractivity contribution in [3.63, 3.8) is 0 Å². The Hall–Kier alpha value is -2.76. The van der Waals surface area contributed by atoms with E-state index in [2.05, 4.69) is 10.3 Å². The van der Waals surface area contributed by atoms with Gasteiger partial charge in [-0.3, -0.25) is 9.59 Å². The van der Waals surface area contributed by atoms with Crippen molar-refractivity contribution >= 4 is 11.7 Å². The minimum absolute atomic E-state index is 0.0285. The number of carbonyl (C=O) groups is 2. The van der Waals surface area contributed by atoms with Crippen LogP contribution in [0.5, 0.6) is 11.5 Å². The second-order valence-electron chi connectivity index (χ2n) is 6.59. The standard InChI is InChI=1S/C21H28N2O4/c1-7-8-16-19(14(4)24)13(3)22-20(16)21(25)23-12(2)15-9-10-17(26-5)18(11-15)27-6/h9-12,22H,7-8H2,1-6H3,(H,23,25). The molecule has 2 N–H and O–H groups in total. The Kier molecular flexibility index (Phi) is 6.66. The summed E-state index contributed by atoms with van der Waals surface area (Å²) in [5.41, 5.74) is 3.51. The van der Waals surface area contributed by atoms with E-state index in [4.69, 9.17) is 9.47 Å². The van der Waals surface area contributed by atoms with Crippen molar-refractivity contribution in [1.29, 1.82) is 0 Å². The molecule has 0 saturated heterocycles. The van der Waals surface area contributed by atoms with Gasteiger partial charge in [-0.15, -0.1) is 0 Å². The first-order valence-corrected chi connectivity index (χ1v) is 9.09. The molecule has 0 bridgehead atoms. The van der Waals surface area contributed by atoms with Crippen molar-refractivity contribution < 1.29 is 19.1 Å². The van der Waals surface area contributed by atoms with Crippen LogP contribution >= 0.6 is 0 Å². The predicted molar refractivity (Wildman–Crippen MR) is 105 cm³/mol. The Balaban J connectivity index is 2.29. The van der Waals surface area contributed by atoms with Crippen LogP contribution in [0.3, 0.4) is 0 Å². The lowest BCUT2D eigenvalue weighted by Crippen LogP contribution is -2.28. The van der Waals surface area contributed by atoms with Gasteiger partial charge in [-0.25, -0.2) is 0 Å². The highest BCUT2D eigenvalue weighted by atomic mass is 16.5. The van der Waals surface area contributed by atoms with Crippen LogP contribution in [-0.2, 0) is 6.42 Å². The number of benzene rings is 1. The second-order valence-corrected chi connectivity index (χ2v) is 6.59. The van der Waals surface area contributed by atoms with E-state index in [1.807, 2.05) is 39.0 Å². The van der Waals surface area contributed by atoms with E-state index in [0.29, 0.717) is 29.2 Å². The molecule has 1 aromatic carbocycles. The lowest BCUT2D eigenvalue weighted by molar-refractivity contribution is 0.0934. The molecule has 0 fully saturated rings. The number of hydrogen-bond acceptors (Lipinski definition) is 4. The van der Waals surface area contributed by atoms with E-state index in [1.54, 1.807) is 14.2 Å². The van der Waals surface area contributed by atoms with Gasteiger partial charge in [0.15, 0.2) is 17.3 Å². The quantitative estimate of drug-likeness (QED) is 0.687. The number of aryl methyl sites for hydroxylation is 1. The monoisotopic (exact) mass is 372 g/mol. The molecular formula is C21H28N2O4. The van der Waals surface area contributed by atoms with E-state index >= 15 is 0 Å². The number of Topliss-reactive ketones (excluding diaryl/α,β-unsaturated/α-hetero) is 1. The first kappa shape index (κ1) is 20.6. The molecule has 1 atom stereocenters. The average Bonchev–Trinajstić information content (AvgIpc) is 2.97. The van der Waals surface area contributed by atoms with Gasteiger partial charge >= 0.3 is 0 Å². The van der Waals surface area contributed by atoms with Gasteiger partial charge in [-0.05, 0) is 50.5 Å². The number of rotatable bonds is 8. The molecule has 6 heteroatoms. The molecule has 2 aromatic rings. The number of aromatic amines is 1. The summed E-state index contributed by atoms with van der Waals surface area (Å²) in [6, 6.07) is 5.31. The topological polar surface area (TPSA) is 80.4 Å². The maximum Gasteiger partial charge on any atom is 0.268 e. The Morgan fingerprint density at radius 1 is 1.19 bits per heavy atom. The molecule has 1 aromatic heterocycles. The van der Waals surface area contributed by atoms with E-state index in [1.165, 1.54) is 6.92 Å². The zero-order valence-electron chi connectivity index (χ0n) is 16.9. The van der Waals surface area contributed by atoms with Crippen molar-refractivity contribution in [2.75, 3.05) is 14.2 Å². The summed E-state index contributed by atoms with van der Waals surface area (Å²) in [7, 11) is 3.16. The fraction of sp³-hybridized carbons (Fsp3) is 0.429. The van der Waals surface area contributed by atoms with E-state index in [-0.39, 0.29) is 17.7 Å². The molecule has 0 radical (unpaired) electrons. The number of amides is 1. The fourth-order valence-corrected chi connectivity index (χ4v) is 3.32. The largest absolute Gasteiger partial charge is 0.493 e. The highest BCUT2D eigenvalue weighted by Crippen LogP contribution is 2.30. The van der Waals surface area contributed by atoms with Gasteiger partial charge < -0.3 is 19.8 Å². The first-order chi connectivity index (χ1) is 12.8. The second kappa shape index (κ2) is 8.75. The van der Waals surface area contributed by atoms with Crippen molar-refractivity contribution in [1.82, 2.24) is 10.3 Å². The smallest absolute Gasteiger partial charge is 0.268 e. The van der Waals surface area contributed by atoms with Crippen molar-refractivity contribution in [2.45, 2.75) is 46.6 Å². The number of ketones is 1. The molecule has 146 valence electrons.